The molecular formula is C11H20N2O3. The summed E-state index contributed by atoms with van der Waals surface area (Å²) in [6.45, 7) is 10.7. The van der Waals surface area contributed by atoms with Gasteiger partial charge in [-0.15, -0.1) is 0 Å². The molecule has 0 rings (SSSR count). The van der Waals surface area contributed by atoms with E-state index in [0.717, 1.165) is 12.8 Å². The lowest BCUT2D eigenvalue weighted by Gasteiger charge is -2.00. The third-order valence-corrected chi connectivity index (χ3v) is 1.38. The molecule has 16 heavy (non-hydrogen) atoms. The molecule has 0 fully saturated rings. The van der Waals surface area contributed by atoms with Crippen LogP contribution in [0.3, 0.4) is 0 Å². The van der Waals surface area contributed by atoms with Crippen molar-refractivity contribution >= 4 is 11.8 Å². The molecule has 0 aromatic carbocycles. The predicted molar refractivity (Wildman–Crippen MR) is 63.2 cm³/mol. The maximum Gasteiger partial charge on any atom is 0.266 e. The van der Waals surface area contributed by atoms with Crippen LogP contribution in [0, 0.1) is 0 Å². The first-order valence-electron chi connectivity index (χ1n) is 4.95. The van der Waals surface area contributed by atoms with Gasteiger partial charge in [-0.1, -0.05) is 26.5 Å². The third-order valence-electron chi connectivity index (χ3n) is 1.38. The van der Waals surface area contributed by atoms with Gasteiger partial charge in [0, 0.05) is 5.57 Å². The Hall–Kier alpha value is -1.62. The van der Waals surface area contributed by atoms with Gasteiger partial charge in [-0.2, -0.15) is 0 Å². The lowest BCUT2D eigenvalue weighted by atomic mass is 10.3. The SMILES string of the molecule is C=C(C)C(N)=O.C=CC(=O)NOCCCC. The lowest BCUT2D eigenvalue weighted by Crippen LogP contribution is -2.21. The summed E-state index contributed by atoms with van der Waals surface area (Å²) in [5.74, 6) is -0.730. The van der Waals surface area contributed by atoms with Gasteiger partial charge in [0.05, 0.1) is 6.61 Å². The summed E-state index contributed by atoms with van der Waals surface area (Å²) in [5, 5.41) is 0. The van der Waals surface area contributed by atoms with Crippen molar-refractivity contribution in [2.45, 2.75) is 26.7 Å². The number of primary amides is 1. The van der Waals surface area contributed by atoms with Gasteiger partial charge in [0.15, 0.2) is 0 Å². The van der Waals surface area contributed by atoms with Crippen LogP contribution in [0.5, 0.6) is 0 Å². The number of hydrogen-bond donors (Lipinski definition) is 2. The highest BCUT2D eigenvalue weighted by atomic mass is 16.6. The lowest BCUT2D eigenvalue weighted by molar-refractivity contribution is -0.128. The quantitative estimate of drug-likeness (QED) is 0.405. The zero-order valence-corrected chi connectivity index (χ0v) is 9.91. The van der Waals surface area contributed by atoms with Gasteiger partial charge in [-0.05, 0) is 19.4 Å². The zero-order chi connectivity index (χ0) is 13.0. The topological polar surface area (TPSA) is 81.4 Å². The maximum atomic E-state index is 10.4. The predicted octanol–water partition coefficient (Wildman–Crippen LogP) is 1.07. The summed E-state index contributed by atoms with van der Waals surface area (Å²) >= 11 is 0. The number of hydroxylamine groups is 1. The molecule has 0 atom stereocenters. The molecule has 0 heterocycles. The molecular weight excluding hydrogens is 208 g/mol. The van der Waals surface area contributed by atoms with E-state index in [9.17, 15) is 9.59 Å². The highest BCUT2D eigenvalue weighted by Gasteiger charge is 1.90. The number of amides is 2. The van der Waals surface area contributed by atoms with E-state index in [1.807, 2.05) is 0 Å². The second-order valence-electron chi connectivity index (χ2n) is 3.02. The first-order valence-corrected chi connectivity index (χ1v) is 4.95. The van der Waals surface area contributed by atoms with Gasteiger partial charge < -0.3 is 5.73 Å². The summed E-state index contributed by atoms with van der Waals surface area (Å²) in [6, 6.07) is 0. The minimum absolute atomic E-state index is 0.295. The molecule has 0 saturated heterocycles. The van der Waals surface area contributed by atoms with Crippen LogP contribution in [-0.2, 0) is 14.4 Å². The average Bonchev–Trinajstić information content (AvgIpc) is 2.24. The fourth-order valence-electron chi connectivity index (χ4n) is 0.380. The van der Waals surface area contributed by atoms with Crippen LogP contribution in [0.2, 0.25) is 0 Å². The molecule has 92 valence electrons. The summed E-state index contributed by atoms with van der Waals surface area (Å²) in [6.07, 6.45) is 3.19. The monoisotopic (exact) mass is 228 g/mol. The number of nitrogens with one attached hydrogen (secondary N) is 1. The first-order chi connectivity index (χ1) is 7.45. The van der Waals surface area contributed by atoms with E-state index < -0.39 is 5.91 Å². The van der Waals surface area contributed by atoms with Crippen molar-refractivity contribution in [3.8, 4) is 0 Å². The Morgan fingerprint density at radius 1 is 1.50 bits per heavy atom. The number of carbonyl (C=O) groups excluding carboxylic acids is 2. The molecule has 0 aliphatic rings. The Bertz CT molecular complexity index is 238. The second-order valence-corrected chi connectivity index (χ2v) is 3.02. The highest BCUT2D eigenvalue weighted by molar-refractivity contribution is 5.90. The molecule has 2 amide bonds. The molecule has 0 aliphatic heterocycles. The standard InChI is InChI=1S/C7H13NO2.C4H7NO/c1-3-5-6-10-8-7(9)4-2;1-3(2)4(5)6/h4H,2-3,5-6H2,1H3,(H,8,9);1H2,2H3,(H2,5,6). The summed E-state index contributed by atoms with van der Waals surface area (Å²) in [4.78, 5) is 25.0. The van der Waals surface area contributed by atoms with E-state index in [4.69, 9.17) is 10.6 Å². The first kappa shape index (κ1) is 16.8. The molecule has 0 radical (unpaired) electrons. The highest BCUT2D eigenvalue weighted by Crippen LogP contribution is 1.84. The minimum atomic E-state index is -0.435. The summed E-state index contributed by atoms with van der Waals surface area (Å²) in [7, 11) is 0. The van der Waals surface area contributed by atoms with Crippen LogP contribution in [0.25, 0.3) is 0 Å². The molecule has 0 aromatic heterocycles. The number of unbranched alkanes of at least 4 members (excludes halogenated alkanes) is 1. The molecule has 5 nitrogen and oxygen atoms in total. The van der Waals surface area contributed by atoms with E-state index >= 15 is 0 Å². The van der Waals surface area contributed by atoms with Crippen molar-refractivity contribution in [1.82, 2.24) is 5.48 Å². The molecule has 5 heteroatoms. The Morgan fingerprint density at radius 2 is 2.00 bits per heavy atom. The van der Waals surface area contributed by atoms with Crippen molar-refractivity contribution in [3.05, 3.63) is 24.8 Å². The largest absolute Gasteiger partial charge is 0.366 e. The van der Waals surface area contributed by atoms with Gasteiger partial charge in [0.2, 0.25) is 5.91 Å². The fourth-order valence-corrected chi connectivity index (χ4v) is 0.380. The Kier molecular flexibility index (Phi) is 12.0. The van der Waals surface area contributed by atoms with Crippen molar-refractivity contribution in [2.24, 2.45) is 5.73 Å². The van der Waals surface area contributed by atoms with Gasteiger partial charge >= 0.3 is 0 Å². The molecule has 0 bridgehead atoms. The molecule has 0 saturated carbocycles. The van der Waals surface area contributed by atoms with Crippen LogP contribution in [0.4, 0.5) is 0 Å². The van der Waals surface area contributed by atoms with E-state index in [-0.39, 0.29) is 5.91 Å². The fraction of sp³-hybridized carbons (Fsp3) is 0.455. The molecule has 0 unspecified atom stereocenters. The number of nitrogens with two attached hydrogens (primary N) is 1. The summed E-state index contributed by atoms with van der Waals surface area (Å²) in [5.41, 5.74) is 7.31. The Balaban J connectivity index is 0. The van der Waals surface area contributed by atoms with Crippen molar-refractivity contribution < 1.29 is 14.4 Å². The van der Waals surface area contributed by atoms with Gasteiger partial charge in [-0.25, -0.2) is 5.48 Å². The Morgan fingerprint density at radius 3 is 2.31 bits per heavy atom. The van der Waals surface area contributed by atoms with E-state index in [1.54, 1.807) is 6.92 Å². The van der Waals surface area contributed by atoms with Crippen molar-refractivity contribution in [2.75, 3.05) is 6.61 Å². The average molecular weight is 228 g/mol. The van der Waals surface area contributed by atoms with Crippen molar-refractivity contribution in [1.29, 1.82) is 0 Å². The number of carbonyl (C=O) groups is 2. The molecule has 3 N–H and O–H groups in total. The third kappa shape index (κ3) is 14.9. The molecule has 0 aliphatic carbocycles. The van der Waals surface area contributed by atoms with Gasteiger partial charge in [0.25, 0.3) is 5.91 Å². The summed E-state index contributed by atoms with van der Waals surface area (Å²) < 4.78 is 0. The number of hydrogen-bond acceptors (Lipinski definition) is 3. The maximum absolute atomic E-state index is 10.4. The number of rotatable bonds is 6. The van der Waals surface area contributed by atoms with E-state index in [2.05, 4.69) is 25.6 Å². The van der Waals surface area contributed by atoms with E-state index in [0.29, 0.717) is 12.2 Å². The van der Waals surface area contributed by atoms with Gasteiger partial charge in [-0.3, -0.25) is 14.4 Å². The van der Waals surface area contributed by atoms with Gasteiger partial charge in [0.1, 0.15) is 0 Å². The van der Waals surface area contributed by atoms with Crippen LogP contribution >= 0.6 is 0 Å². The van der Waals surface area contributed by atoms with Crippen LogP contribution < -0.4 is 11.2 Å². The zero-order valence-electron chi connectivity index (χ0n) is 9.91. The van der Waals surface area contributed by atoms with Crippen LogP contribution in [-0.4, -0.2) is 18.4 Å². The van der Waals surface area contributed by atoms with E-state index in [1.165, 1.54) is 6.08 Å². The molecule has 0 spiro atoms. The van der Waals surface area contributed by atoms with Crippen LogP contribution in [0.15, 0.2) is 24.8 Å². The smallest absolute Gasteiger partial charge is 0.266 e. The van der Waals surface area contributed by atoms with Crippen LogP contribution in [0.1, 0.15) is 26.7 Å². The molecule has 0 aromatic rings. The minimum Gasteiger partial charge on any atom is -0.366 e. The normalized spacial score (nSPS) is 8.38. The Labute approximate surface area is 96.3 Å². The second kappa shape index (κ2) is 11.5. The van der Waals surface area contributed by atoms with Crippen molar-refractivity contribution in [3.63, 3.8) is 0 Å².